The van der Waals surface area contributed by atoms with Gasteiger partial charge in [0.25, 0.3) is 0 Å². The third-order valence-corrected chi connectivity index (χ3v) is 5.55. The molecule has 26 heavy (non-hydrogen) atoms. The first-order valence-electron chi connectivity index (χ1n) is 9.22. The third-order valence-electron chi connectivity index (χ3n) is 5.24. The minimum atomic E-state index is -0.731. The van der Waals surface area contributed by atoms with Gasteiger partial charge in [0.15, 0.2) is 11.0 Å². The third kappa shape index (κ3) is 4.57. The SMILES string of the molecule is CC(C)(C[C@H]1CCCC[C@H]1Nc1nnc(Cl)c2c1COCC2)OC(N)=O. The quantitative estimate of drug-likeness (QED) is 0.809. The van der Waals surface area contributed by atoms with Crippen LogP contribution in [0.1, 0.15) is 57.1 Å². The van der Waals surface area contributed by atoms with Crippen molar-refractivity contribution in [2.24, 2.45) is 11.7 Å². The molecule has 2 aliphatic rings. The summed E-state index contributed by atoms with van der Waals surface area (Å²) in [6.07, 6.45) is 5.21. The maximum atomic E-state index is 11.2. The molecule has 1 aromatic heterocycles. The van der Waals surface area contributed by atoms with Crippen molar-refractivity contribution in [1.82, 2.24) is 10.2 Å². The summed E-state index contributed by atoms with van der Waals surface area (Å²) in [7, 11) is 0. The highest BCUT2D eigenvalue weighted by molar-refractivity contribution is 6.30. The second kappa shape index (κ2) is 7.96. The number of nitrogens with one attached hydrogen (secondary N) is 1. The molecule has 2 atom stereocenters. The molecule has 1 aliphatic heterocycles. The lowest BCUT2D eigenvalue weighted by Crippen LogP contribution is -2.40. The van der Waals surface area contributed by atoms with Crippen molar-refractivity contribution in [3.05, 3.63) is 16.3 Å². The number of anilines is 1. The molecule has 1 fully saturated rings. The zero-order chi connectivity index (χ0) is 18.7. The fourth-order valence-electron chi connectivity index (χ4n) is 4.12. The molecule has 0 saturated heterocycles. The Morgan fingerprint density at radius 2 is 2.12 bits per heavy atom. The van der Waals surface area contributed by atoms with Gasteiger partial charge in [-0.25, -0.2) is 4.79 Å². The van der Waals surface area contributed by atoms with E-state index in [9.17, 15) is 4.79 Å². The summed E-state index contributed by atoms with van der Waals surface area (Å²) in [5.41, 5.74) is 6.65. The molecule has 0 spiro atoms. The Balaban J connectivity index is 1.76. The van der Waals surface area contributed by atoms with Crippen molar-refractivity contribution in [3.8, 4) is 0 Å². The molecular weight excluding hydrogens is 356 g/mol. The average molecular weight is 383 g/mol. The predicted molar refractivity (Wildman–Crippen MR) is 99.1 cm³/mol. The van der Waals surface area contributed by atoms with Gasteiger partial charge in [-0.05, 0) is 45.4 Å². The van der Waals surface area contributed by atoms with Gasteiger partial charge in [-0.1, -0.05) is 24.4 Å². The van der Waals surface area contributed by atoms with Crippen molar-refractivity contribution < 1.29 is 14.3 Å². The Bertz CT molecular complexity index is 668. The highest BCUT2D eigenvalue weighted by Gasteiger charge is 2.34. The van der Waals surface area contributed by atoms with E-state index in [0.29, 0.717) is 24.3 Å². The molecule has 1 amide bonds. The number of rotatable bonds is 5. The van der Waals surface area contributed by atoms with Crippen molar-refractivity contribution in [2.45, 2.75) is 70.6 Å². The Labute approximate surface area is 159 Å². The van der Waals surface area contributed by atoms with Crippen molar-refractivity contribution >= 4 is 23.5 Å². The number of amides is 1. The molecule has 1 saturated carbocycles. The van der Waals surface area contributed by atoms with Gasteiger partial charge in [0.1, 0.15) is 5.60 Å². The van der Waals surface area contributed by atoms with E-state index in [0.717, 1.165) is 49.0 Å². The number of carbonyl (C=O) groups is 1. The maximum absolute atomic E-state index is 11.2. The molecule has 0 radical (unpaired) electrons. The van der Waals surface area contributed by atoms with Crippen LogP contribution in [0.4, 0.5) is 10.6 Å². The Kier molecular flexibility index (Phi) is 5.87. The molecule has 144 valence electrons. The molecule has 0 aromatic carbocycles. The number of hydrogen-bond donors (Lipinski definition) is 2. The van der Waals surface area contributed by atoms with Crippen LogP contribution in [0.25, 0.3) is 0 Å². The van der Waals surface area contributed by atoms with Gasteiger partial charge in [-0.3, -0.25) is 0 Å². The van der Waals surface area contributed by atoms with E-state index in [1.807, 2.05) is 13.8 Å². The summed E-state index contributed by atoms with van der Waals surface area (Å²) in [5, 5.41) is 12.4. The number of aromatic nitrogens is 2. The summed E-state index contributed by atoms with van der Waals surface area (Å²) in [6, 6.07) is 0.237. The summed E-state index contributed by atoms with van der Waals surface area (Å²) < 4.78 is 10.9. The smallest absolute Gasteiger partial charge is 0.405 e. The molecular formula is C18H27ClN4O3. The molecule has 1 aliphatic carbocycles. The van der Waals surface area contributed by atoms with E-state index in [-0.39, 0.29) is 6.04 Å². The van der Waals surface area contributed by atoms with E-state index >= 15 is 0 Å². The topological polar surface area (TPSA) is 99.4 Å². The Morgan fingerprint density at radius 1 is 1.35 bits per heavy atom. The summed E-state index contributed by atoms with van der Waals surface area (Å²) in [4.78, 5) is 11.2. The van der Waals surface area contributed by atoms with Crippen molar-refractivity contribution in [2.75, 3.05) is 11.9 Å². The first-order chi connectivity index (χ1) is 12.4. The number of nitrogens with two attached hydrogens (primary N) is 1. The zero-order valence-electron chi connectivity index (χ0n) is 15.4. The van der Waals surface area contributed by atoms with E-state index in [1.54, 1.807) is 0 Å². The number of hydrogen-bond acceptors (Lipinski definition) is 6. The standard InChI is InChI=1S/C18H27ClN4O3/c1-18(2,26-17(20)24)9-11-5-3-4-6-14(11)21-16-13-10-25-8-7-12(13)15(19)22-23-16/h11,14H,3-10H2,1-2H3,(H2,20,24)(H,21,23)/t11-,14-/m1/s1. The predicted octanol–water partition coefficient (Wildman–Crippen LogP) is 3.44. The van der Waals surface area contributed by atoms with Crippen molar-refractivity contribution in [1.29, 1.82) is 0 Å². The Morgan fingerprint density at radius 3 is 2.88 bits per heavy atom. The zero-order valence-corrected chi connectivity index (χ0v) is 16.1. The van der Waals surface area contributed by atoms with Crippen LogP contribution in [-0.2, 0) is 22.5 Å². The maximum Gasteiger partial charge on any atom is 0.405 e. The van der Waals surface area contributed by atoms with Gasteiger partial charge >= 0.3 is 6.09 Å². The van der Waals surface area contributed by atoms with E-state index in [1.165, 1.54) is 6.42 Å². The first kappa shape index (κ1) is 19.2. The van der Waals surface area contributed by atoms with Crippen LogP contribution >= 0.6 is 11.6 Å². The second-order valence-electron chi connectivity index (χ2n) is 7.78. The largest absolute Gasteiger partial charge is 0.444 e. The average Bonchev–Trinajstić information content (AvgIpc) is 2.58. The van der Waals surface area contributed by atoms with Crippen LogP contribution in [0.5, 0.6) is 0 Å². The molecule has 2 heterocycles. The van der Waals surface area contributed by atoms with Gasteiger partial charge in [-0.15, -0.1) is 10.2 Å². The number of carbonyl (C=O) groups excluding carboxylic acids is 1. The monoisotopic (exact) mass is 382 g/mol. The second-order valence-corrected chi connectivity index (χ2v) is 8.14. The van der Waals surface area contributed by atoms with E-state index < -0.39 is 11.7 Å². The van der Waals surface area contributed by atoms with Crippen LogP contribution in [0.2, 0.25) is 5.15 Å². The normalized spacial score (nSPS) is 23.2. The summed E-state index contributed by atoms with van der Waals surface area (Å²) in [6.45, 7) is 4.96. The van der Waals surface area contributed by atoms with Gasteiger partial charge in [0.2, 0.25) is 0 Å². The Hall–Kier alpha value is -1.60. The van der Waals surface area contributed by atoms with Crippen molar-refractivity contribution in [3.63, 3.8) is 0 Å². The number of fused-ring (bicyclic) bond motifs is 1. The van der Waals surface area contributed by atoms with E-state index in [4.69, 9.17) is 26.8 Å². The lowest BCUT2D eigenvalue weighted by atomic mass is 9.78. The van der Waals surface area contributed by atoms with Crippen LogP contribution in [-0.4, -0.2) is 34.5 Å². The number of halogens is 1. The van der Waals surface area contributed by atoms with Crippen LogP contribution in [0.3, 0.4) is 0 Å². The molecule has 1 aromatic rings. The van der Waals surface area contributed by atoms with Gasteiger partial charge < -0.3 is 20.5 Å². The fraction of sp³-hybridized carbons (Fsp3) is 0.722. The minimum Gasteiger partial charge on any atom is -0.444 e. The number of nitrogens with zero attached hydrogens (tertiary/aromatic N) is 2. The molecule has 0 bridgehead atoms. The minimum absolute atomic E-state index is 0.237. The highest BCUT2D eigenvalue weighted by atomic mass is 35.5. The molecule has 8 heteroatoms. The van der Waals surface area contributed by atoms with Crippen LogP contribution in [0.15, 0.2) is 0 Å². The molecule has 3 N–H and O–H groups in total. The van der Waals surface area contributed by atoms with Gasteiger partial charge in [0.05, 0.1) is 13.2 Å². The first-order valence-corrected chi connectivity index (χ1v) is 9.60. The number of ether oxygens (including phenoxy) is 2. The molecule has 0 unspecified atom stereocenters. The molecule has 3 rings (SSSR count). The van der Waals surface area contributed by atoms with E-state index in [2.05, 4.69) is 15.5 Å². The van der Waals surface area contributed by atoms with Crippen LogP contribution < -0.4 is 11.1 Å². The highest BCUT2D eigenvalue weighted by Crippen LogP contribution is 2.35. The molecule has 7 nitrogen and oxygen atoms in total. The fourth-order valence-corrected chi connectivity index (χ4v) is 4.37. The lowest BCUT2D eigenvalue weighted by molar-refractivity contribution is 0.0201. The van der Waals surface area contributed by atoms with Crippen LogP contribution in [0, 0.1) is 5.92 Å². The van der Waals surface area contributed by atoms with Gasteiger partial charge in [-0.2, -0.15) is 0 Å². The summed E-state index contributed by atoms with van der Waals surface area (Å²) >= 11 is 6.20. The van der Waals surface area contributed by atoms with Gasteiger partial charge in [0, 0.05) is 17.2 Å². The number of primary amides is 1. The summed E-state index contributed by atoms with van der Waals surface area (Å²) in [5.74, 6) is 1.12. The lowest BCUT2D eigenvalue weighted by Gasteiger charge is -2.37.